The maximum absolute atomic E-state index is 5.84. The van der Waals surface area contributed by atoms with Crippen molar-refractivity contribution in [1.82, 2.24) is 5.32 Å². The van der Waals surface area contributed by atoms with E-state index in [1.165, 1.54) is 19.3 Å². The standard InChI is InChI=1S/C9H17NO/c1-6(2)9-10-7-4-3-5-8(7)11-9/h6-10H,3-5H2,1-2H3. The Morgan fingerprint density at radius 1 is 1.36 bits per heavy atom. The highest BCUT2D eigenvalue weighted by Gasteiger charge is 2.38. The lowest BCUT2D eigenvalue weighted by Crippen LogP contribution is -2.33. The van der Waals surface area contributed by atoms with E-state index in [4.69, 9.17) is 4.74 Å². The van der Waals surface area contributed by atoms with Crippen LogP contribution in [0, 0.1) is 5.92 Å². The molecule has 0 radical (unpaired) electrons. The predicted octanol–water partition coefficient (Wildman–Crippen LogP) is 1.51. The minimum Gasteiger partial charge on any atom is -0.358 e. The number of nitrogens with one attached hydrogen (secondary N) is 1. The molecule has 2 nitrogen and oxygen atoms in total. The van der Waals surface area contributed by atoms with Gasteiger partial charge in [0, 0.05) is 6.04 Å². The van der Waals surface area contributed by atoms with Crippen LogP contribution in [0.2, 0.25) is 0 Å². The molecule has 2 heteroatoms. The predicted molar refractivity (Wildman–Crippen MR) is 44.3 cm³/mol. The van der Waals surface area contributed by atoms with Crippen LogP contribution >= 0.6 is 0 Å². The van der Waals surface area contributed by atoms with Gasteiger partial charge in [-0.2, -0.15) is 0 Å². The molecule has 1 aliphatic carbocycles. The molecule has 0 aromatic rings. The average Bonchev–Trinajstić information content (AvgIpc) is 2.40. The molecule has 0 aromatic heterocycles. The van der Waals surface area contributed by atoms with Gasteiger partial charge in [-0.25, -0.2) is 0 Å². The van der Waals surface area contributed by atoms with E-state index in [0.29, 0.717) is 24.3 Å². The van der Waals surface area contributed by atoms with Crippen molar-refractivity contribution < 1.29 is 4.74 Å². The van der Waals surface area contributed by atoms with Crippen LogP contribution in [0.15, 0.2) is 0 Å². The molecule has 3 atom stereocenters. The first kappa shape index (κ1) is 7.56. The van der Waals surface area contributed by atoms with Crippen molar-refractivity contribution in [1.29, 1.82) is 0 Å². The fourth-order valence-electron chi connectivity index (χ4n) is 2.07. The average molecular weight is 155 g/mol. The van der Waals surface area contributed by atoms with Gasteiger partial charge in [0.1, 0.15) is 6.23 Å². The van der Waals surface area contributed by atoms with Crippen molar-refractivity contribution in [3.63, 3.8) is 0 Å². The SMILES string of the molecule is CC(C)C1NC2CCCC2O1. The van der Waals surface area contributed by atoms with Gasteiger partial charge in [-0.1, -0.05) is 13.8 Å². The second kappa shape index (κ2) is 2.76. The van der Waals surface area contributed by atoms with Gasteiger partial charge >= 0.3 is 0 Å². The fraction of sp³-hybridized carbons (Fsp3) is 1.00. The molecule has 0 aromatic carbocycles. The molecular formula is C9H17NO. The van der Waals surface area contributed by atoms with E-state index in [2.05, 4.69) is 19.2 Å². The van der Waals surface area contributed by atoms with Crippen LogP contribution in [0.5, 0.6) is 0 Å². The van der Waals surface area contributed by atoms with Crippen molar-refractivity contribution in [2.24, 2.45) is 5.92 Å². The Bertz CT molecular complexity index is 134. The number of hydrogen-bond acceptors (Lipinski definition) is 2. The fourth-order valence-corrected chi connectivity index (χ4v) is 2.07. The monoisotopic (exact) mass is 155 g/mol. The summed E-state index contributed by atoms with van der Waals surface area (Å²) in [5, 5.41) is 3.53. The molecule has 1 heterocycles. The third-order valence-electron chi connectivity index (χ3n) is 2.76. The summed E-state index contributed by atoms with van der Waals surface area (Å²) in [5.74, 6) is 0.612. The summed E-state index contributed by atoms with van der Waals surface area (Å²) in [5.41, 5.74) is 0. The summed E-state index contributed by atoms with van der Waals surface area (Å²) in [7, 11) is 0. The number of hydrogen-bond donors (Lipinski definition) is 1. The Kier molecular flexibility index (Phi) is 1.90. The van der Waals surface area contributed by atoms with Crippen molar-refractivity contribution >= 4 is 0 Å². The Hall–Kier alpha value is -0.0800. The first-order valence-electron chi connectivity index (χ1n) is 4.69. The van der Waals surface area contributed by atoms with Gasteiger partial charge in [0.05, 0.1) is 6.10 Å². The lowest BCUT2D eigenvalue weighted by Gasteiger charge is -2.15. The van der Waals surface area contributed by atoms with Gasteiger partial charge in [0.25, 0.3) is 0 Å². The van der Waals surface area contributed by atoms with Crippen molar-refractivity contribution in [3.05, 3.63) is 0 Å². The summed E-state index contributed by atoms with van der Waals surface area (Å²) < 4.78 is 5.84. The highest BCUT2D eigenvalue weighted by Crippen LogP contribution is 2.30. The molecule has 0 amide bonds. The van der Waals surface area contributed by atoms with E-state index in [9.17, 15) is 0 Å². The van der Waals surface area contributed by atoms with E-state index in [1.54, 1.807) is 0 Å². The Morgan fingerprint density at radius 3 is 2.82 bits per heavy atom. The smallest absolute Gasteiger partial charge is 0.111 e. The molecule has 1 saturated heterocycles. The summed E-state index contributed by atoms with van der Waals surface area (Å²) >= 11 is 0. The van der Waals surface area contributed by atoms with Crippen molar-refractivity contribution in [2.75, 3.05) is 0 Å². The summed E-state index contributed by atoms with van der Waals surface area (Å²) in [6, 6.07) is 0.669. The molecule has 2 rings (SSSR count). The summed E-state index contributed by atoms with van der Waals surface area (Å²) in [6.45, 7) is 4.41. The van der Waals surface area contributed by atoms with E-state index in [-0.39, 0.29) is 0 Å². The molecule has 2 fully saturated rings. The summed E-state index contributed by atoms with van der Waals surface area (Å²) in [4.78, 5) is 0. The molecule has 1 N–H and O–H groups in total. The zero-order chi connectivity index (χ0) is 7.84. The quantitative estimate of drug-likeness (QED) is 0.619. The number of rotatable bonds is 1. The van der Waals surface area contributed by atoms with Crippen LogP contribution in [-0.4, -0.2) is 18.4 Å². The van der Waals surface area contributed by atoms with Gasteiger partial charge < -0.3 is 4.74 Å². The molecule has 0 spiro atoms. The van der Waals surface area contributed by atoms with Gasteiger partial charge in [-0.3, -0.25) is 5.32 Å². The molecule has 2 aliphatic rings. The van der Waals surface area contributed by atoms with E-state index >= 15 is 0 Å². The second-order valence-corrected chi connectivity index (χ2v) is 4.04. The molecular weight excluding hydrogens is 138 g/mol. The van der Waals surface area contributed by atoms with E-state index in [0.717, 1.165) is 0 Å². The Labute approximate surface area is 68.3 Å². The second-order valence-electron chi connectivity index (χ2n) is 4.04. The van der Waals surface area contributed by atoms with Crippen LogP contribution in [-0.2, 0) is 4.74 Å². The van der Waals surface area contributed by atoms with E-state index in [1.807, 2.05) is 0 Å². The third-order valence-corrected chi connectivity index (χ3v) is 2.76. The van der Waals surface area contributed by atoms with E-state index < -0.39 is 0 Å². The number of ether oxygens (including phenoxy) is 1. The highest BCUT2D eigenvalue weighted by atomic mass is 16.5. The maximum Gasteiger partial charge on any atom is 0.111 e. The molecule has 1 saturated carbocycles. The minimum atomic E-state index is 0.324. The highest BCUT2D eigenvalue weighted by molar-refractivity contribution is 4.91. The van der Waals surface area contributed by atoms with Gasteiger partial charge in [-0.15, -0.1) is 0 Å². The lowest BCUT2D eigenvalue weighted by molar-refractivity contribution is 0.0130. The normalized spacial score (nSPS) is 43.4. The molecule has 1 aliphatic heterocycles. The largest absolute Gasteiger partial charge is 0.358 e. The zero-order valence-corrected chi connectivity index (χ0v) is 7.34. The van der Waals surface area contributed by atoms with Crippen LogP contribution in [0.1, 0.15) is 33.1 Å². The Morgan fingerprint density at radius 2 is 2.18 bits per heavy atom. The Balaban J connectivity index is 1.94. The zero-order valence-electron chi connectivity index (χ0n) is 7.34. The molecule has 3 unspecified atom stereocenters. The van der Waals surface area contributed by atoms with Crippen LogP contribution < -0.4 is 5.32 Å². The van der Waals surface area contributed by atoms with Crippen LogP contribution in [0.3, 0.4) is 0 Å². The first-order valence-corrected chi connectivity index (χ1v) is 4.69. The number of fused-ring (bicyclic) bond motifs is 1. The van der Waals surface area contributed by atoms with Crippen molar-refractivity contribution in [3.8, 4) is 0 Å². The maximum atomic E-state index is 5.84. The van der Waals surface area contributed by atoms with Crippen LogP contribution in [0.25, 0.3) is 0 Å². The first-order chi connectivity index (χ1) is 5.27. The van der Waals surface area contributed by atoms with Crippen LogP contribution in [0.4, 0.5) is 0 Å². The van der Waals surface area contributed by atoms with Gasteiger partial charge in [0.15, 0.2) is 0 Å². The third kappa shape index (κ3) is 1.30. The minimum absolute atomic E-state index is 0.324. The topological polar surface area (TPSA) is 21.3 Å². The van der Waals surface area contributed by atoms with Crippen molar-refractivity contribution in [2.45, 2.75) is 51.5 Å². The lowest BCUT2D eigenvalue weighted by atomic mass is 10.2. The molecule has 64 valence electrons. The summed E-state index contributed by atoms with van der Waals surface area (Å²) in [6.07, 6.45) is 4.77. The van der Waals surface area contributed by atoms with Gasteiger partial charge in [0.2, 0.25) is 0 Å². The van der Waals surface area contributed by atoms with Gasteiger partial charge in [-0.05, 0) is 25.2 Å². The molecule has 0 bridgehead atoms. The molecule has 11 heavy (non-hydrogen) atoms.